The molecule has 3 aromatic carbocycles. The number of benzene rings is 3. The van der Waals surface area contributed by atoms with Crippen LogP contribution in [0.5, 0.6) is 11.5 Å². The van der Waals surface area contributed by atoms with Crippen LogP contribution in [0.2, 0.25) is 15.1 Å². The number of carbonyl (C=O) groups excluding carboxylic acids is 3. The van der Waals surface area contributed by atoms with Crippen molar-refractivity contribution >= 4 is 69.8 Å². The molecule has 10 heteroatoms. The summed E-state index contributed by atoms with van der Waals surface area (Å²) in [7, 11) is 1.40. The summed E-state index contributed by atoms with van der Waals surface area (Å²) in [4.78, 5) is 39.2. The van der Waals surface area contributed by atoms with Gasteiger partial charge in [0, 0.05) is 10.0 Å². The molecule has 35 heavy (non-hydrogen) atoms. The standard InChI is InChI=1S/C25H16Cl3NO5S/c1-33-20-11-14(10-19(28)22(20)34-24(31)15-6-8-17(26)9-7-15)12-21-23(30)29(25(32)35-21)13-16-4-2-3-5-18(16)27/h2-12H,13H2,1H3/b21-12-. The van der Waals surface area contributed by atoms with Gasteiger partial charge in [-0.2, -0.15) is 0 Å². The Kier molecular flexibility index (Phi) is 7.72. The van der Waals surface area contributed by atoms with E-state index >= 15 is 0 Å². The number of nitrogens with zero attached hydrogens (tertiary/aromatic N) is 1. The van der Waals surface area contributed by atoms with Gasteiger partial charge in [0.2, 0.25) is 0 Å². The highest BCUT2D eigenvalue weighted by Gasteiger charge is 2.35. The largest absolute Gasteiger partial charge is 0.493 e. The zero-order chi connectivity index (χ0) is 25.1. The number of halogens is 3. The van der Waals surface area contributed by atoms with Gasteiger partial charge in [0.25, 0.3) is 11.1 Å². The Bertz CT molecular complexity index is 1360. The van der Waals surface area contributed by atoms with Crippen LogP contribution in [0.4, 0.5) is 4.79 Å². The number of methoxy groups -OCH3 is 1. The smallest absolute Gasteiger partial charge is 0.343 e. The third-order valence-electron chi connectivity index (χ3n) is 4.98. The van der Waals surface area contributed by atoms with Crippen LogP contribution in [0.25, 0.3) is 6.08 Å². The van der Waals surface area contributed by atoms with Gasteiger partial charge in [0.05, 0.1) is 29.1 Å². The van der Waals surface area contributed by atoms with Gasteiger partial charge < -0.3 is 9.47 Å². The normalized spacial score (nSPS) is 14.5. The molecule has 0 saturated carbocycles. The first-order valence-electron chi connectivity index (χ1n) is 10.1. The molecule has 0 unspecified atom stereocenters. The van der Waals surface area contributed by atoms with E-state index < -0.39 is 17.1 Å². The molecule has 1 fully saturated rings. The lowest BCUT2D eigenvalue weighted by molar-refractivity contribution is -0.123. The Labute approximate surface area is 220 Å². The van der Waals surface area contributed by atoms with E-state index in [9.17, 15) is 14.4 Å². The maximum absolute atomic E-state index is 12.9. The molecule has 1 aliphatic heterocycles. The average molecular weight is 549 g/mol. The molecule has 0 radical (unpaired) electrons. The lowest BCUT2D eigenvalue weighted by Crippen LogP contribution is -2.27. The summed E-state index contributed by atoms with van der Waals surface area (Å²) in [6, 6.07) is 16.3. The van der Waals surface area contributed by atoms with Gasteiger partial charge in [-0.1, -0.05) is 53.0 Å². The predicted molar refractivity (Wildman–Crippen MR) is 137 cm³/mol. The van der Waals surface area contributed by atoms with Gasteiger partial charge in [-0.3, -0.25) is 14.5 Å². The number of imide groups is 1. The number of rotatable bonds is 6. The van der Waals surface area contributed by atoms with Crippen LogP contribution < -0.4 is 9.47 Å². The molecule has 6 nitrogen and oxygen atoms in total. The van der Waals surface area contributed by atoms with E-state index in [4.69, 9.17) is 44.3 Å². The molecule has 2 amide bonds. The van der Waals surface area contributed by atoms with Crippen LogP contribution in [0.3, 0.4) is 0 Å². The van der Waals surface area contributed by atoms with Crippen molar-refractivity contribution < 1.29 is 23.9 Å². The Morgan fingerprint density at radius 2 is 1.71 bits per heavy atom. The fourth-order valence-electron chi connectivity index (χ4n) is 3.24. The number of carbonyl (C=O) groups is 3. The van der Waals surface area contributed by atoms with Crippen molar-refractivity contribution in [1.29, 1.82) is 0 Å². The molecule has 0 N–H and O–H groups in total. The molecule has 178 valence electrons. The molecule has 0 atom stereocenters. The van der Waals surface area contributed by atoms with Crippen LogP contribution in [-0.2, 0) is 11.3 Å². The minimum Gasteiger partial charge on any atom is -0.493 e. The Balaban J connectivity index is 1.57. The van der Waals surface area contributed by atoms with Crippen LogP contribution in [-0.4, -0.2) is 29.1 Å². The second-order valence-corrected chi connectivity index (χ2v) is 9.53. The maximum Gasteiger partial charge on any atom is 0.343 e. The van der Waals surface area contributed by atoms with Crippen molar-refractivity contribution in [2.75, 3.05) is 7.11 Å². The molecule has 0 spiro atoms. The van der Waals surface area contributed by atoms with Crippen molar-refractivity contribution in [3.05, 3.63) is 97.3 Å². The number of hydrogen-bond acceptors (Lipinski definition) is 6. The van der Waals surface area contributed by atoms with Gasteiger partial charge in [0.15, 0.2) is 11.5 Å². The summed E-state index contributed by atoms with van der Waals surface area (Å²) in [6.45, 7) is 0.0609. The average Bonchev–Trinajstić information content (AvgIpc) is 3.09. The summed E-state index contributed by atoms with van der Waals surface area (Å²) in [5.41, 5.74) is 1.43. The highest BCUT2D eigenvalue weighted by Crippen LogP contribution is 2.39. The Morgan fingerprint density at radius 1 is 1.00 bits per heavy atom. The molecule has 1 heterocycles. The molecule has 0 bridgehead atoms. The van der Waals surface area contributed by atoms with E-state index in [0.29, 0.717) is 21.2 Å². The lowest BCUT2D eigenvalue weighted by Gasteiger charge is -2.13. The van der Waals surface area contributed by atoms with Gasteiger partial charge in [-0.25, -0.2) is 4.79 Å². The second-order valence-electron chi connectivity index (χ2n) is 7.29. The molecular weight excluding hydrogens is 533 g/mol. The third-order valence-corrected chi connectivity index (χ3v) is 6.79. The number of thioether (sulfide) groups is 1. The van der Waals surface area contributed by atoms with Crippen molar-refractivity contribution in [3.8, 4) is 11.5 Å². The summed E-state index contributed by atoms with van der Waals surface area (Å²) in [6.07, 6.45) is 1.52. The number of amides is 2. The van der Waals surface area contributed by atoms with Crippen LogP contribution in [0.1, 0.15) is 21.5 Å². The van der Waals surface area contributed by atoms with Gasteiger partial charge in [0.1, 0.15) is 0 Å². The summed E-state index contributed by atoms with van der Waals surface area (Å²) in [5.74, 6) is -0.886. The summed E-state index contributed by atoms with van der Waals surface area (Å²) in [5, 5.41) is 0.634. The van der Waals surface area contributed by atoms with E-state index in [1.54, 1.807) is 42.5 Å². The Hall–Kier alpha value is -2.97. The van der Waals surface area contributed by atoms with Crippen LogP contribution >= 0.6 is 46.6 Å². The van der Waals surface area contributed by atoms with Gasteiger partial charge >= 0.3 is 5.97 Å². The molecule has 3 aromatic rings. The van der Waals surface area contributed by atoms with E-state index in [-0.39, 0.29) is 33.5 Å². The topological polar surface area (TPSA) is 72.9 Å². The van der Waals surface area contributed by atoms with Crippen LogP contribution in [0.15, 0.2) is 65.6 Å². The highest BCUT2D eigenvalue weighted by molar-refractivity contribution is 8.18. The summed E-state index contributed by atoms with van der Waals surface area (Å²) >= 11 is 19.2. The first-order valence-corrected chi connectivity index (χ1v) is 12.1. The molecule has 0 aromatic heterocycles. The molecule has 0 aliphatic carbocycles. The number of ether oxygens (including phenoxy) is 2. The quantitative estimate of drug-likeness (QED) is 0.186. The molecular formula is C25H16Cl3NO5S. The second kappa shape index (κ2) is 10.7. The highest BCUT2D eigenvalue weighted by atomic mass is 35.5. The molecule has 1 aliphatic rings. The zero-order valence-corrected chi connectivity index (χ0v) is 21.2. The first kappa shape index (κ1) is 25.1. The lowest BCUT2D eigenvalue weighted by atomic mass is 10.1. The number of esters is 1. The van der Waals surface area contributed by atoms with Crippen molar-refractivity contribution in [3.63, 3.8) is 0 Å². The van der Waals surface area contributed by atoms with Crippen molar-refractivity contribution in [2.45, 2.75) is 6.54 Å². The van der Waals surface area contributed by atoms with E-state index in [1.807, 2.05) is 0 Å². The molecule has 4 rings (SSSR count). The maximum atomic E-state index is 12.9. The predicted octanol–water partition coefficient (Wildman–Crippen LogP) is 7.11. The minimum absolute atomic E-state index is 0.0260. The fourth-order valence-corrected chi connectivity index (χ4v) is 4.66. The van der Waals surface area contributed by atoms with E-state index in [1.165, 1.54) is 31.4 Å². The zero-order valence-electron chi connectivity index (χ0n) is 18.1. The van der Waals surface area contributed by atoms with E-state index in [2.05, 4.69) is 0 Å². The van der Waals surface area contributed by atoms with Crippen LogP contribution in [0, 0.1) is 0 Å². The fraction of sp³-hybridized carbons (Fsp3) is 0.0800. The van der Waals surface area contributed by atoms with Gasteiger partial charge in [-0.05, 0) is 71.4 Å². The Morgan fingerprint density at radius 3 is 2.40 bits per heavy atom. The minimum atomic E-state index is -0.643. The first-order chi connectivity index (χ1) is 16.8. The summed E-state index contributed by atoms with van der Waals surface area (Å²) < 4.78 is 10.8. The van der Waals surface area contributed by atoms with E-state index in [0.717, 1.165) is 16.7 Å². The number of hydrogen-bond donors (Lipinski definition) is 0. The SMILES string of the molecule is COc1cc(/C=C2\SC(=O)N(Cc3ccccc3Cl)C2=O)cc(Cl)c1OC(=O)c1ccc(Cl)cc1. The molecule has 1 saturated heterocycles. The van der Waals surface area contributed by atoms with Gasteiger partial charge in [-0.15, -0.1) is 0 Å². The van der Waals surface area contributed by atoms with Crippen molar-refractivity contribution in [2.24, 2.45) is 0 Å². The van der Waals surface area contributed by atoms with Crippen molar-refractivity contribution in [1.82, 2.24) is 4.90 Å². The monoisotopic (exact) mass is 547 g/mol. The third kappa shape index (κ3) is 5.65.